The van der Waals surface area contributed by atoms with Crippen LogP contribution in [-0.2, 0) is 16.1 Å². The molecule has 0 aromatic heterocycles. The number of carbonyl (C=O) groups is 1. The van der Waals surface area contributed by atoms with Crippen LogP contribution in [0.15, 0.2) is 24.3 Å². The molecule has 4 heteroatoms. The van der Waals surface area contributed by atoms with E-state index in [1.165, 1.54) is 5.56 Å². The molecule has 0 radical (unpaired) electrons. The standard InChI is InChI=1S/C16H24N2O2/c1-12-5-3-6-14(9-12)10-18-16(19)11-17-13(2)15-7-4-8-20-15/h3,5-6,9,13,15,17H,4,7-8,10-11H2,1-2H3,(H,18,19)/t13-,15-/m0/s1. The topological polar surface area (TPSA) is 50.4 Å². The van der Waals surface area contributed by atoms with E-state index in [0.29, 0.717) is 13.1 Å². The van der Waals surface area contributed by atoms with Crippen molar-refractivity contribution in [2.75, 3.05) is 13.2 Å². The van der Waals surface area contributed by atoms with Gasteiger partial charge in [0.15, 0.2) is 0 Å². The normalized spacial score (nSPS) is 19.8. The molecule has 1 amide bonds. The average Bonchev–Trinajstić information content (AvgIpc) is 2.97. The molecule has 0 bridgehead atoms. The number of amides is 1. The van der Waals surface area contributed by atoms with Gasteiger partial charge in [-0.2, -0.15) is 0 Å². The van der Waals surface area contributed by atoms with Crippen molar-refractivity contribution in [3.8, 4) is 0 Å². The van der Waals surface area contributed by atoms with Gasteiger partial charge in [-0.25, -0.2) is 0 Å². The van der Waals surface area contributed by atoms with Gasteiger partial charge in [-0.3, -0.25) is 4.79 Å². The van der Waals surface area contributed by atoms with Crippen LogP contribution in [0.25, 0.3) is 0 Å². The fraction of sp³-hybridized carbons (Fsp3) is 0.562. The number of hydrogen-bond donors (Lipinski definition) is 2. The lowest BCUT2D eigenvalue weighted by Crippen LogP contribution is -2.42. The highest BCUT2D eigenvalue weighted by atomic mass is 16.5. The van der Waals surface area contributed by atoms with Crippen molar-refractivity contribution < 1.29 is 9.53 Å². The first kappa shape index (κ1) is 15.0. The summed E-state index contributed by atoms with van der Waals surface area (Å²) in [5.74, 6) is 0.0244. The van der Waals surface area contributed by atoms with Gasteiger partial charge in [-0.1, -0.05) is 29.8 Å². The Bertz CT molecular complexity index is 442. The van der Waals surface area contributed by atoms with Crippen LogP contribution in [0.1, 0.15) is 30.9 Å². The molecule has 20 heavy (non-hydrogen) atoms. The highest BCUT2D eigenvalue weighted by Crippen LogP contribution is 2.15. The van der Waals surface area contributed by atoms with E-state index >= 15 is 0 Å². The van der Waals surface area contributed by atoms with Crippen LogP contribution in [0.2, 0.25) is 0 Å². The van der Waals surface area contributed by atoms with E-state index in [0.717, 1.165) is 25.0 Å². The van der Waals surface area contributed by atoms with Crippen molar-refractivity contribution in [2.24, 2.45) is 0 Å². The summed E-state index contributed by atoms with van der Waals surface area (Å²) in [7, 11) is 0. The van der Waals surface area contributed by atoms with Gasteiger partial charge < -0.3 is 15.4 Å². The Morgan fingerprint density at radius 2 is 2.35 bits per heavy atom. The number of aryl methyl sites for hydroxylation is 1. The molecular formula is C16H24N2O2. The third-order valence-corrected chi connectivity index (χ3v) is 3.68. The molecule has 1 aliphatic heterocycles. The molecule has 1 aliphatic rings. The van der Waals surface area contributed by atoms with E-state index in [1.54, 1.807) is 0 Å². The van der Waals surface area contributed by atoms with E-state index < -0.39 is 0 Å². The van der Waals surface area contributed by atoms with Crippen LogP contribution in [0.3, 0.4) is 0 Å². The summed E-state index contributed by atoms with van der Waals surface area (Å²) in [5.41, 5.74) is 2.34. The maximum atomic E-state index is 11.8. The molecule has 1 heterocycles. The zero-order valence-corrected chi connectivity index (χ0v) is 12.3. The summed E-state index contributed by atoms with van der Waals surface area (Å²) in [6.45, 7) is 5.89. The van der Waals surface area contributed by atoms with Gasteiger partial charge >= 0.3 is 0 Å². The number of rotatable bonds is 6. The Labute approximate surface area is 120 Å². The Balaban J connectivity index is 1.67. The molecular weight excluding hydrogens is 252 g/mol. The largest absolute Gasteiger partial charge is 0.377 e. The van der Waals surface area contributed by atoms with Crippen LogP contribution in [0.5, 0.6) is 0 Å². The smallest absolute Gasteiger partial charge is 0.234 e. The molecule has 0 spiro atoms. The molecule has 0 unspecified atom stereocenters. The predicted molar refractivity (Wildman–Crippen MR) is 79.5 cm³/mol. The summed E-state index contributed by atoms with van der Waals surface area (Å²) in [4.78, 5) is 11.8. The number of benzene rings is 1. The monoisotopic (exact) mass is 276 g/mol. The predicted octanol–water partition coefficient (Wildman–Crippen LogP) is 1.77. The summed E-state index contributed by atoms with van der Waals surface area (Å²) in [6, 6.07) is 8.39. The van der Waals surface area contributed by atoms with Gasteiger partial charge in [0.2, 0.25) is 5.91 Å². The van der Waals surface area contributed by atoms with E-state index in [-0.39, 0.29) is 18.1 Å². The molecule has 110 valence electrons. The van der Waals surface area contributed by atoms with E-state index in [1.807, 2.05) is 12.1 Å². The third-order valence-electron chi connectivity index (χ3n) is 3.68. The lowest BCUT2D eigenvalue weighted by Gasteiger charge is -2.19. The van der Waals surface area contributed by atoms with Crippen molar-refractivity contribution in [3.63, 3.8) is 0 Å². The molecule has 1 saturated heterocycles. The fourth-order valence-corrected chi connectivity index (χ4v) is 2.47. The van der Waals surface area contributed by atoms with Gasteiger partial charge in [0.05, 0.1) is 12.6 Å². The summed E-state index contributed by atoms with van der Waals surface area (Å²) in [6.07, 6.45) is 2.45. The lowest BCUT2D eigenvalue weighted by atomic mass is 10.1. The number of carbonyl (C=O) groups excluding carboxylic acids is 1. The molecule has 0 saturated carbocycles. The molecule has 1 fully saturated rings. The zero-order valence-electron chi connectivity index (χ0n) is 12.3. The summed E-state index contributed by atoms with van der Waals surface area (Å²) < 4.78 is 5.60. The summed E-state index contributed by atoms with van der Waals surface area (Å²) in [5, 5.41) is 6.16. The highest BCUT2D eigenvalue weighted by molar-refractivity contribution is 5.78. The average molecular weight is 276 g/mol. The van der Waals surface area contributed by atoms with E-state index in [9.17, 15) is 4.79 Å². The molecule has 0 aliphatic carbocycles. The second kappa shape index (κ2) is 7.41. The number of ether oxygens (including phenoxy) is 1. The molecule has 4 nitrogen and oxygen atoms in total. The summed E-state index contributed by atoms with van der Waals surface area (Å²) >= 11 is 0. The number of hydrogen-bond acceptors (Lipinski definition) is 3. The molecule has 2 atom stereocenters. The van der Waals surface area contributed by atoms with Gasteiger partial charge in [0.1, 0.15) is 0 Å². The molecule has 1 aromatic carbocycles. The quantitative estimate of drug-likeness (QED) is 0.832. The first-order chi connectivity index (χ1) is 9.65. The van der Waals surface area contributed by atoms with E-state index in [4.69, 9.17) is 4.74 Å². The van der Waals surface area contributed by atoms with Crippen LogP contribution in [0.4, 0.5) is 0 Å². The van der Waals surface area contributed by atoms with Crippen molar-refractivity contribution in [1.82, 2.24) is 10.6 Å². The first-order valence-corrected chi connectivity index (χ1v) is 7.32. The van der Waals surface area contributed by atoms with Gasteiger partial charge in [0, 0.05) is 19.2 Å². The van der Waals surface area contributed by atoms with Crippen molar-refractivity contribution in [1.29, 1.82) is 0 Å². The molecule has 2 rings (SSSR count). The second-order valence-electron chi connectivity index (χ2n) is 5.49. The van der Waals surface area contributed by atoms with Crippen molar-refractivity contribution in [3.05, 3.63) is 35.4 Å². The van der Waals surface area contributed by atoms with Gasteiger partial charge in [-0.15, -0.1) is 0 Å². The minimum Gasteiger partial charge on any atom is -0.377 e. The Kier molecular flexibility index (Phi) is 5.56. The fourth-order valence-electron chi connectivity index (χ4n) is 2.47. The van der Waals surface area contributed by atoms with Crippen molar-refractivity contribution in [2.45, 2.75) is 45.4 Å². The number of nitrogens with one attached hydrogen (secondary N) is 2. The maximum absolute atomic E-state index is 11.8. The van der Waals surface area contributed by atoms with Crippen LogP contribution < -0.4 is 10.6 Å². The molecule has 1 aromatic rings. The third kappa shape index (κ3) is 4.62. The highest BCUT2D eigenvalue weighted by Gasteiger charge is 2.22. The Morgan fingerprint density at radius 1 is 1.50 bits per heavy atom. The second-order valence-corrected chi connectivity index (χ2v) is 5.49. The first-order valence-electron chi connectivity index (χ1n) is 7.32. The molecule has 2 N–H and O–H groups in total. The minimum absolute atomic E-state index is 0.0244. The van der Waals surface area contributed by atoms with Crippen LogP contribution in [0, 0.1) is 6.92 Å². The lowest BCUT2D eigenvalue weighted by molar-refractivity contribution is -0.120. The van der Waals surface area contributed by atoms with Gasteiger partial charge in [-0.05, 0) is 32.3 Å². The Morgan fingerprint density at radius 3 is 3.05 bits per heavy atom. The van der Waals surface area contributed by atoms with Crippen molar-refractivity contribution >= 4 is 5.91 Å². The van der Waals surface area contributed by atoms with Crippen LogP contribution in [-0.4, -0.2) is 31.2 Å². The van der Waals surface area contributed by atoms with Gasteiger partial charge in [0.25, 0.3) is 0 Å². The maximum Gasteiger partial charge on any atom is 0.234 e. The van der Waals surface area contributed by atoms with E-state index in [2.05, 4.69) is 36.6 Å². The SMILES string of the molecule is Cc1cccc(CNC(=O)CN[C@@H](C)[C@@H]2CCCO2)c1. The Hall–Kier alpha value is -1.39. The zero-order chi connectivity index (χ0) is 14.4. The minimum atomic E-state index is 0.0244. The van der Waals surface area contributed by atoms with Crippen LogP contribution >= 0.6 is 0 Å².